The van der Waals surface area contributed by atoms with Crippen LogP contribution >= 0.6 is 23.2 Å². The summed E-state index contributed by atoms with van der Waals surface area (Å²) in [4.78, 5) is 0. The van der Waals surface area contributed by atoms with Crippen LogP contribution in [0.2, 0.25) is 10.0 Å². The van der Waals surface area contributed by atoms with Crippen molar-refractivity contribution in [3.05, 3.63) is 28.2 Å². The summed E-state index contributed by atoms with van der Waals surface area (Å²) in [5.41, 5.74) is 0.877. The highest BCUT2D eigenvalue weighted by molar-refractivity contribution is 6.62. The zero-order valence-corrected chi connectivity index (χ0v) is 9.02. The summed E-state index contributed by atoms with van der Waals surface area (Å²) < 4.78 is 10.9. The molecule has 1 aliphatic heterocycles. The number of halogens is 2. The van der Waals surface area contributed by atoms with Crippen LogP contribution < -0.4 is 5.46 Å². The van der Waals surface area contributed by atoms with Gasteiger partial charge in [0.15, 0.2) is 0 Å². The molecule has 0 unspecified atom stereocenters. The average Bonchev–Trinajstić information content (AvgIpc) is 2.18. The van der Waals surface area contributed by atoms with Crippen LogP contribution in [0, 0.1) is 0 Å². The highest BCUT2D eigenvalue weighted by Crippen LogP contribution is 2.15. The summed E-state index contributed by atoms with van der Waals surface area (Å²) in [6, 6.07) is 5.31. The molecule has 0 aliphatic carbocycles. The molecule has 1 aromatic carbocycles. The molecule has 0 amide bonds. The number of hydrogen-bond acceptors (Lipinski definition) is 2. The number of benzene rings is 1. The van der Waals surface area contributed by atoms with Gasteiger partial charge in [0, 0.05) is 23.3 Å². The minimum Gasteiger partial charge on any atom is -0.407 e. The third kappa shape index (κ3) is 2.42. The van der Waals surface area contributed by atoms with Gasteiger partial charge in [-0.15, -0.1) is 0 Å². The van der Waals surface area contributed by atoms with E-state index in [1.807, 2.05) is 12.1 Å². The first-order valence-electron chi connectivity index (χ1n) is 4.45. The molecule has 5 heteroatoms. The molecule has 0 spiro atoms. The first kappa shape index (κ1) is 10.3. The summed E-state index contributed by atoms with van der Waals surface area (Å²) in [7, 11) is -0.319. The van der Waals surface area contributed by atoms with Gasteiger partial charge in [0.05, 0.1) is 0 Å². The molecule has 0 N–H and O–H groups in total. The van der Waals surface area contributed by atoms with Crippen LogP contribution in [0.3, 0.4) is 0 Å². The zero-order valence-electron chi connectivity index (χ0n) is 7.50. The van der Waals surface area contributed by atoms with Crippen molar-refractivity contribution in [3.8, 4) is 0 Å². The van der Waals surface area contributed by atoms with Crippen molar-refractivity contribution in [1.29, 1.82) is 0 Å². The predicted molar refractivity (Wildman–Crippen MR) is 58.4 cm³/mol. The van der Waals surface area contributed by atoms with Crippen LogP contribution in [0.5, 0.6) is 0 Å². The van der Waals surface area contributed by atoms with Crippen molar-refractivity contribution in [3.63, 3.8) is 0 Å². The van der Waals surface area contributed by atoms with E-state index in [4.69, 9.17) is 32.5 Å². The Balaban J connectivity index is 2.21. The first-order valence-corrected chi connectivity index (χ1v) is 5.20. The van der Waals surface area contributed by atoms with Gasteiger partial charge >= 0.3 is 7.12 Å². The third-order valence-corrected chi connectivity index (χ3v) is 2.42. The Hall–Kier alpha value is -0.215. The summed E-state index contributed by atoms with van der Waals surface area (Å²) in [6.07, 6.45) is 0.935. The Morgan fingerprint density at radius 1 is 1.00 bits per heavy atom. The van der Waals surface area contributed by atoms with Gasteiger partial charge in [-0.1, -0.05) is 23.2 Å². The minimum atomic E-state index is -0.319. The lowest BCUT2D eigenvalue weighted by atomic mass is 9.78. The Kier molecular flexibility index (Phi) is 3.34. The van der Waals surface area contributed by atoms with E-state index in [1.165, 1.54) is 0 Å². The van der Waals surface area contributed by atoms with Crippen LogP contribution in [0.25, 0.3) is 0 Å². The monoisotopic (exact) mass is 230 g/mol. The molecular formula is C9H9BCl2O2. The fourth-order valence-electron chi connectivity index (χ4n) is 1.39. The lowest BCUT2D eigenvalue weighted by Gasteiger charge is -2.20. The van der Waals surface area contributed by atoms with Gasteiger partial charge in [-0.3, -0.25) is 0 Å². The normalized spacial score (nSPS) is 17.1. The zero-order chi connectivity index (χ0) is 9.97. The van der Waals surface area contributed by atoms with Gasteiger partial charge in [-0.05, 0) is 30.1 Å². The maximum absolute atomic E-state index is 5.87. The van der Waals surface area contributed by atoms with Crippen LogP contribution in [-0.4, -0.2) is 20.3 Å². The standard InChI is InChI=1S/C9H9BCl2O2/c11-8-4-7(5-9(12)6-8)10-13-2-1-3-14-10/h4-6H,1-3H2. The molecule has 0 saturated carbocycles. The minimum absolute atomic E-state index is 0.319. The van der Waals surface area contributed by atoms with Crippen LogP contribution in [0.1, 0.15) is 6.42 Å². The SMILES string of the molecule is Clc1cc(Cl)cc(B2OCCCO2)c1. The highest BCUT2D eigenvalue weighted by Gasteiger charge is 2.24. The molecule has 74 valence electrons. The fraction of sp³-hybridized carbons (Fsp3) is 0.333. The van der Waals surface area contributed by atoms with Gasteiger partial charge < -0.3 is 9.31 Å². The fourth-order valence-corrected chi connectivity index (χ4v) is 1.93. The van der Waals surface area contributed by atoms with Gasteiger partial charge in [-0.2, -0.15) is 0 Å². The van der Waals surface area contributed by atoms with Crippen molar-refractivity contribution in [2.75, 3.05) is 13.2 Å². The molecule has 0 atom stereocenters. The van der Waals surface area contributed by atoms with E-state index in [2.05, 4.69) is 0 Å². The van der Waals surface area contributed by atoms with Crippen molar-refractivity contribution in [2.45, 2.75) is 6.42 Å². The van der Waals surface area contributed by atoms with E-state index in [-0.39, 0.29) is 7.12 Å². The Morgan fingerprint density at radius 3 is 2.14 bits per heavy atom. The lowest BCUT2D eigenvalue weighted by Crippen LogP contribution is -2.40. The molecule has 0 aromatic heterocycles. The van der Waals surface area contributed by atoms with E-state index in [9.17, 15) is 0 Å². The van der Waals surface area contributed by atoms with Crippen LogP contribution in [0.15, 0.2) is 18.2 Å². The molecule has 1 saturated heterocycles. The molecule has 1 aliphatic rings. The molecule has 0 bridgehead atoms. The lowest BCUT2D eigenvalue weighted by molar-refractivity contribution is 0.143. The highest BCUT2D eigenvalue weighted by atomic mass is 35.5. The Morgan fingerprint density at radius 2 is 1.57 bits per heavy atom. The number of hydrogen-bond donors (Lipinski definition) is 0. The molecule has 1 heterocycles. The van der Waals surface area contributed by atoms with Gasteiger partial charge in [0.1, 0.15) is 0 Å². The number of rotatable bonds is 1. The summed E-state index contributed by atoms with van der Waals surface area (Å²) in [6.45, 7) is 1.43. The summed E-state index contributed by atoms with van der Waals surface area (Å²) in [5, 5.41) is 1.20. The summed E-state index contributed by atoms with van der Waals surface area (Å²) >= 11 is 11.7. The largest absolute Gasteiger partial charge is 0.493 e. The maximum atomic E-state index is 5.87. The van der Waals surface area contributed by atoms with E-state index >= 15 is 0 Å². The van der Waals surface area contributed by atoms with Crippen molar-refractivity contribution in [1.82, 2.24) is 0 Å². The molecule has 2 rings (SSSR count). The molecule has 14 heavy (non-hydrogen) atoms. The van der Waals surface area contributed by atoms with E-state index in [1.54, 1.807) is 6.07 Å². The van der Waals surface area contributed by atoms with Crippen molar-refractivity contribution < 1.29 is 9.31 Å². The van der Waals surface area contributed by atoms with Crippen LogP contribution in [0.4, 0.5) is 0 Å². The average molecular weight is 231 g/mol. The third-order valence-electron chi connectivity index (χ3n) is 1.98. The second kappa shape index (κ2) is 4.54. The van der Waals surface area contributed by atoms with Crippen molar-refractivity contribution >= 4 is 35.8 Å². The second-order valence-electron chi connectivity index (χ2n) is 3.13. The van der Waals surface area contributed by atoms with Gasteiger partial charge in [0.2, 0.25) is 0 Å². The topological polar surface area (TPSA) is 18.5 Å². The van der Waals surface area contributed by atoms with Crippen molar-refractivity contribution in [2.24, 2.45) is 0 Å². The maximum Gasteiger partial charge on any atom is 0.493 e. The smallest absolute Gasteiger partial charge is 0.407 e. The quantitative estimate of drug-likeness (QED) is 0.689. The van der Waals surface area contributed by atoms with E-state index in [0.717, 1.165) is 25.1 Å². The van der Waals surface area contributed by atoms with Gasteiger partial charge in [-0.25, -0.2) is 0 Å². The van der Waals surface area contributed by atoms with E-state index < -0.39 is 0 Å². The molecule has 1 fully saturated rings. The molecule has 2 nitrogen and oxygen atoms in total. The first-order chi connectivity index (χ1) is 6.75. The summed E-state index contributed by atoms with van der Waals surface area (Å²) in [5.74, 6) is 0. The van der Waals surface area contributed by atoms with Crippen LogP contribution in [-0.2, 0) is 9.31 Å². The molecule has 0 radical (unpaired) electrons. The second-order valence-corrected chi connectivity index (χ2v) is 4.00. The Labute approximate surface area is 93.2 Å². The van der Waals surface area contributed by atoms with Gasteiger partial charge in [0.25, 0.3) is 0 Å². The predicted octanol–water partition coefficient (Wildman–Crippen LogP) is 2.13. The Bertz CT molecular complexity index is 306. The molecule has 1 aromatic rings. The van der Waals surface area contributed by atoms with E-state index in [0.29, 0.717) is 10.0 Å². The molecular weight excluding hydrogens is 222 g/mol.